The predicted octanol–water partition coefficient (Wildman–Crippen LogP) is 3.31. The van der Waals surface area contributed by atoms with Crippen molar-refractivity contribution in [3.05, 3.63) is 35.4 Å². The van der Waals surface area contributed by atoms with Crippen molar-refractivity contribution in [1.82, 2.24) is 5.32 Å². The van der Waals surface area contributed by atoms with Crippen molar-refractivity contribution in [3.8, 4) is 0 Å². The van der Waals surface area contributed by atoms with Crippen LogP contribution in [0.15, 0.2) is 24.3 Å². The minimum atomic E-state index is 0.488. The van der Waals surface area contributed by atoms with E-state index in [1.54, 1.807) is 11.1 Å². The summed E-state index contributed by atoms with van der Waals surface area (Å²) < 4.78 is 0. The molecule has 0 spiro atoms. The van der Waals surface area contributed by atoms with Crippen LogP contribution in [0.5, 0.6) is 0 Å². The van der Waals surface area contributed by atoms with Crippen LogP contribution in [-0.2, 0) is 6.42 Å². The Bertz CT molecular complexity index is 396. The van der Waals surface area contributed by atoms with E-state index in [1.807, 2.05) is 0 Å². The second-order valence-corrected chi connectivity index (χ2v) is 5.75. The molecular weight excluding hydrogens is 194 g/mol. The van der Waals surface area contributed by atoms with Crippen molar-refractivity contribution < 1.29 is 0 Å². The van der Waals surface area contributed by atoms with Gasteiger partial charge in [0.25, 0.3) is 0 Å². The van der Waals surface area contributed by atoms with Crippen LogP contribution in [0, 0.1) is 11.3 Å². The summed E-state index contributed by atoms with van der Waals surface area (Å²) >= 11 is 0. The largest absolute Gasteiger partial charge is 0.309 e. The topological polar surface area (TPSA) is 12.0 Å². The SMILES string of the molecule is CC(C)[C@]12CCCN[C@H]1c1ccccc1C2. The Kier molecular flexibility index (Phi) is 2.32. The molecule has 1 fully saturated rings. The van der Waals surface area contributed by atoms with Crippen LogP contribution < -0.4 is 5.32 Å². The van der Waals surface area contributed by atoms with Gasteiger partial charge in [0.05, 0.1) is 0 Å². The number of hydrogen-bond donors (Lipinski definition) is 1. The van der Waals surface area contributed by atoms with Gasteiger partial charge in [0.2, 0.25) is 0 Å². The van der Waals surface area contributed by atoms with Crippen LogP contribution in [0.25, 0.3) is 0 Å². The van der Waals surface area contributed by atoms with Crippen LogP contribution in [-0.4, -0.2) is 6.54 Å². The standard InChI is InChI=1S/C15H21N/c1-11(2)15-8-5-9-16-14(15)13-7-4-3-6-12(13)10-15/h3-4,6-7,11,14,16H,5,8-10H2,1-2H3/t14-,15+/m0/s1. The maximum atomic E-state index is 3.76. The predicted molar refractivity (Wildman–Crippen MR) is 67.4 cm³/mol. The Morgan fingerprint density at radius 1 is 1.31 bits per heavy atom. The number of rotatable bonds is 1. The quantitative estimate of drug-likeness (QED) is 0.758. The van der Waals surface area contributed by atoms with E-state index in [0.717, 1.165) is 5.92 Å². The number of piperidine rings is 1. The van der Waals surface area contributed by atoms with E-state index in [1.165, 1.54) is 25.8 Å². The molecule has 16 heavy (non-hydrogen) atoms. The second-order valence-electron chi connectivity index (χ2n) is 5.75. The van der Waals surface area contributed by atoms with Gasteiger partial charge < -0.3 is 5.32 Å². The van der Waals surface area contributed by atoms with Gasteiger partial charge >= 0.3 is 0 Å². The maximum Gasteiger partial charge on any atom is 0.0385 e. The number of fused-ring (bicyclic) bond motifs is 3. The average Bonchev–Trinajstić information content (AvgIpc) is 2.64. The van der Waals surface area contributed by atoms with E-state index in [2.05, 4.69) is 43.4 Å². The molecule has 1 aliphatic carbocycles. The Hall–Kier alpha value is -0.820. The molecule has 86 valence electrons. The summed E-state index contributed by atoms with van der Waals surface area (Å²) in [6, 6.07) is 9.62. The van der Waals surface area contributed by atoms with E-state index >= 15 is 0 Å². The van der Waals surface area contributed by atoms with Gasteiger partial charge in [0.1, 0.15) is 0 Å². The van der Waals surface area contributed by atoms with Gasteiger partial charge in [-0.2, -0.15) is 0 Å². The highest BCUT2D eigenvalue weighted by molar-refractivity contribution is 5.39. The highest BCUT2D eigenvalue weighted by Crippen LogP contribution is 2.54. The van der Waals surface area contributed by atoms with E-state index in [9.17, 15) is 0 Å². The third kappa shape index (κ3) is 1.27. The fraction of sp³-hybridized carbons (Fsp3) is 0.600. The van der Waals surface area contributed by atoms with Crippen LogP contribution in [0.1, 0.15) is 43.9 Å². The molecule has 1 heteroatoms. The minimum absolute atomic E-state index is 0.488. The molecule has 1 N–H and O–H groups in total. The molecular formula is C15H21N. The summed E-state index contributed by atoms with van der Waals surface area (Å²) in [6.45, 7) is 5.98. The minimum Gasteiger partial charge on any atom is -0.309 e. The van der Waals surface area contributed by atoms with Crippen molar-refractivity contribution in [2.24, 2.45) is 11.3 Å². The van der Waals surface area contributed by atoms with E-state index in [4.69, 9.17) is 0 Å². The zero-order valence-electron chi connectivity index (χ0n) is 10.3. The molecule has 1 aliphatic heterocycles. The van der Waals surface area contributed by atoms with Crippen molar-refractivity contribution in [2.45, 2.75) is 39.2 Å². The Morgan fingerprint density at radius 3 is 2.94 bits per heavy atom. The molecule has 1 aromatic rings. The summed E-state index contributed by atoms with van der Waals surface area (Å²) in [5.41, 5.74) is 3.63. The smallest absolute Gasteiger partial charge is 0.0385 e. The molecule has 3 rings (SSSR count). The Balaban J connectivity index is 2.07. The molecule has 1 heterocycles. The fourth-order valence-electron chi connectivity index (χ4n) is 3.78. The monoisotopic (exact) mass is 215 g/mol. The van der Waals surface area contributed by atoms with Gasteiger partial charge in [-0.1, -0.05) is 38.1 Å². The summed E-state index contributed by atoms with van der Waals surface area (Å²) in [7, 11) is 0. The molecule has 0 aromatic heterocycles. The lowest BCUT2D eigenvalue weighted by atomic mass is 9.67. The highest BCUT2D eigenvalue weighted by atomic mass is 15.0. The van der Waals surface area contributed by atoms with Crippen LogP contribution >= 0.6 is 0 Å². The Labute approximate surface area is 98.3 Å². The normalized spacial score (nSPS) is 32.6. The lowest BCUT2D eigenvalue weighted by Crippen LogP contribution is -2.44. The van der Waals surface area contributed by atoms with Crippen molar-refractivity contribution >= 4 is 0 Å². The zero-order valence-corrected chi connectivity index (χ0v) is 10.3. The number of benzene rings is 1. The van der Waals surface area contributed by atoms with Crippen LogP contribution in [0.2, 0.25) is 0 Å². The maximum absolute atomic E-state index is 3.76. The number of nitrogens with one attached hydrogen (secondary N) is 1. The summed E-state index contributed by atoms with van der Waals surface area (Å²) in [5.74, 6) is 0.762. The first-order valence-electron chi connectivity index (χ1n) is 6.55. The average molecular weight is 215 g/mol. The summed E-state index contributed by atoms with van der Waals surface area (Å²) in [4.78, 5) is 0. The van der Waals surface area contributed by atoms with E-state index < -0.39 is 0 Å². The summed E-state index contributed by atoms with van der Waals surface area (Å²) in [5, 5.41) is 3.76. The number of hydrogen-bond acceptors (Lipinski definition) is 1. The molecule has 0 amide bonds. The molecule has 0 radical (unpaired) electrons. The molecule has 2 atom stereocenters. The van der Waals surface area contributed by atoms with E-state index in [0.29, 0.717) is 11.5 Å². The molecule has 0 saturated carbocycles. The van der Waals surface area contributed by atoms with Crippen LogP contribution in [0.4, 0.5) is 0 Å². The fourth-order valence-corrected chi connectivity index (χ4v) is 3.78. The van der Waals surface area contributed by atoms with Crippen molar-refractivity contribution in [3.63, 3.8) is 0 Å². The van der Waals surface area contributed by atoms with Crippen LogP contribution in [0.3, 0.4) is 0 Å². The van der Waals surface area contributed by atoms with Crippen molar-refractivity contribution in [1.29, 1.82) is 0 Å². The first-order chi connectivity index (χ1) is 7.74. The van der Waals surface area contributed by atoms with Gasteiger partial charge in [-0.3, -0.25) is 0 Å². The second kappa shape index (κ2) is 3.59. The Morgan fingerprint density at radius 2 is 2.12 bits per heavy atom. The first-order valence-corrected chi connectivity index (χ1v) is 6.55. The third-order valence-corrected chi connectivity index (χ3v) is 4.78. The lowest BCUT2D eigenvalue weighted by molar-refractivity contribution is 0.0908. The first kappa shape index (κ1) is 10.3. The van der Waals surface area contributed by atoms with Gasteiger partial charge in [0.15, 0.2) is 0 Å². The highest BCUT2D eigenvalue weighted by Gasteiger charge is 2.48. The molecule has 1 aromatic carbocycles. The van der Waals surface area contributed by atoms with E-state index in [-0.39, 0.29) is 0 Å². The van der Waals surface area contributed by atoms with Gasteiger partial charge in [0, 0.05) is 6.04 Å². The lowest BCUT2D eigenvalue weighted by Gasteiger charge is -2.44. The molecule has 0 unspecified atom stereocenters. The van der Waals surface area contributed by atoms with Gasteiger partial charge in [-0.25, -0.2) is 0 Å². The zero-order chi connectivity index (χ0) is 11.2. The molecule has 2 aliphatic rings. The molecule has 0 bridgehead atoms. The van der Waals surface area contributed by atoms with Gasteiger partial charge in [-0.15, -0.1) is 0 Å². The molecule has 1 nitrogen and oxygen atoms in total. The third-order valence-electron chi connectivity index (χ3n) is 4.78. The van der Waals surface area contributed by atoms with Gasteiger partial charge in [-0.05, 0) is 48.3 Å². The molecule has 1 saturated heterocycles. The van der Waals surface area contributed by atoms with Crippen molar-refractivity contribution in [2.75, 3.05) is 6.54 Å². The summed E-state index contributed by atoms with van der Waals surface area (Å²) in [6.07, 6.45) is 4.00.